The molecule has 1 fully saturated rings. The predicted octanol–water partition coefficient (Wildman–Crippen LogP) is 4.23. The molecular weight excluding hydrogens is 320 g/mol. The zero-order valence-electron chi connectivity index (χ0n) is 16.2. The number of ether oxygens (including phenoxy) is 1. The maximum Gasteiger partial charge on any atom is 0.119 e. The van der Waals surface area contributed by atoms with Crippen LogP contribution < -0.4 is 10.1 Å². The van der Waals surface area contributed by atoms with Crippen molar-refractivity contribution in [3.63, 3.8) is 0 Å². The molecule has 1 aliphatic heterocycles. The van der Waals surface area contributed by atoms with Crippen LogP contribution in [0.1, 0.15) is 42.9 Å². The Hall–Kier alpha value is -1.84. The second-order valence-electron chi connectivity index (χ2n) is 7.52. The number of nitrogens with zero attached hydrogens (tertiary/aromatic N) is 1. The fourth-order valence-corrected chi connectivity index (χ4v) is 3.35. The number of nitrogens with one attached hydrogen (secondary N) is 1. The molecule has 0 bridgehead atoms. The smallest absolute Gasteiger partial charge is 0.119 e. The molecule has 0 atom stereocenters. The summed E-state index contributed by atoms with van der Waals surface area (Å²) >= 11 is 0. The fourth-order valence-electron chi connectivity index (χ4n) is 3.35. The van der Waals surface area contributed by atoms with Gasteiger partial charge in [0.2, 0.25) is 0 Å². The first-order chi connectivity index (χ1) is 12.7. The molecule has 0 aromatic heterocycles. The molecule has 0 amide bonds. The lowest BCUT2D eigenvalue weighted by Gasteiger charge is -2.27. The van der Waals surface area contributed by atoms with E-state index in [1.807, 2.05) is 0 Å². The van der Waals surface area contributed by atoms with E-state index >= 15 is 0 Å². The summed E-state index contributed by atoms with van der Waals surface area (Å²) in [6.07, 6.45) is 2.11. The Morgan fingerprint density at radius 2 is 1.58 bits per heavy atom. The monoisotopic (exact) mass is 352 g/mol. The molecule has 3 heteroatoms. The van der Waals surface area contributed by atoms with Gasteiger partial charge in [-0.25, -0.2) is 0 Å². The number of piperazine rings is 1. The highest BCUT2D eigenvalue weighted by Gasteiger charge is 2.09. The van der Waals surface area contributed by atoms with Crippen LogP contribution in [0.15, 0.2) is 48.5 Å². The van der Waals surface area contributed by atoms with Crippen molar-refractivity contribution in [3.8, 4) is 5.75 Å². The van der Waals surface area contributed by atoms with E-state index in [-0.39, 0.29) is 0 Å². The van der Waals surface area contributed by atoms with Crippen LogP contribution in [0.2, 0.25) is 0 Å². The fraction of sp³-hybridized carbons (Fsp3) is 0.478. The van der Waals surface area contributed by atoms with Gasteiger partial charge in [-0.3, -0.25) is 4.90 Å². The topological polar surface area (TPSA) is 24.5 Å². The van der Waals surface area contributed by atoms with Crippen LogP contribution in [-0.4, -0.2) is 37.7 Å². The van der Waals surface area contributed by atoms with Gasteiger partial charge in [0.15, 0.2) is 0 Å². The lowest BCUT2D eigenvalue weighted by atomic mass is 10.0. The van der Waals surface area contributed by atoms with E-state index in [9.17, 15) is 0 Å². The van der Waals surface area contributed by atoms with E-state index in [0.717, 1.165) is 57.9 Å². The molecule has 0 saturated carbocycles. The number of aryl methyl sites for hydroxylation is 1. The van der Waals surface area contributed by atoms with Gasteiger partial charge >= 0.3 is 0 Å². The van der Waals surface area contributed by atoms with E-state index in [4.69, 9.17) is 4.74 Å². The lowest BCUT2D eigenvalue weighted by Crippen LogP contribution is -2.42. The standard InChI is InChI=1S/C23H32N2O/c1-19(2)22-9-11-23(12-10-22)26-17-3-4-20-5-7-21(8-6-20)18-25-15-13-24-14-16-25/h5-12,19,24H,3-4,13-18H2,1-2H3. The van der Waals surface area contributed by atoms with Gasteiger partial charge < -0.3 is 10.1 Å². The molecule has 26 heavy (non-hydrogen) atoms. The first kappa shape index (κ1) is 18.9. The van der Waals surface area contributed by atoms with Crippen molar-refractivity contribution >= 4 is 0 Å². The molecule has 1 heterocycles. The summed E-state index contributed by atoms with van der Waals surface area (Å²) in [7, 11) is 0. The molecule has 1 aliphatic rings. The summed E-state index contributed by atoms with van der Waals surface area (Å²) < 4.78 is 5.87. The summed E-state index contributed by atoms with van der Waals surface area (Å²) in [6.45, 7) is 10.8. The molecule has 140 valence electrons. The Kier molecular flexibility index (Phi) is 7.10. The van der Waals surface area contributed by atoms with E-state index in [1.165, 1.54) is 16.7 Å². The molecule has 3 nitrogen and oxygen atoms in total. The normalized spacial score (nSPS) is 15.3. The highest BCUT2D eigenvalue weighted by molar-refractivity contribution is 5.29. The van der Waals surface area contributed by atoms with Crippen molar-refractivity contribution in [2.24, 2.45) is 0 Å². The van der Waals surface area contributed by atoms with E-state index < -0.39 is 0 Å². The highest BCUT2D eigenvalue weighted by atomic mass is 16.5. The molecule has 3 rings (SSSR count). The van der Waals surface area contributed by atoms with Crippen LogP contribution in [0.3, 0.4) is 0 Å². The van der Waals surface area contributed by atoms with Crippen LogP contribution >= 0.6 is 0 Å². The zero-order chi connectivity index (χ0) is 18.2. The number of hydrogen-bond acceptors (Lipinski definition) is 3. The van der Waals surface area contributed by atoms with Gasteiger partial charge in [-0.05, 0) is 47.6 Å². The summed E-state index contributed by atoms with van der Waals surface area (Å²) in [4.78, 5) is 2.52. The average molecular weight is 353 g/mol. The highest BCUT2D eigenvalue weighted by Crippen LogP contribution is 2.19. The van der Waals surface area contributed by atoms with E-state index in [1.54, 1.807) is 0 Å². The van der Waals surface area contributed by atoms with Gasteiger partial charge in [0, 0.05) is 32.7 Å². The third-order valence-corrected chi connectivity index (χ3v) is 5.06. The third-order valence-electron chi connectivity index (χ3n) is 5.06. The minimum absolute atomic E-state index is 0.568. The molecule has 0 unspecified atom stereocenters. The van der Waals surface area contributed by atoms with Crippen LogP contribution in [0.5, 0.6) is 5.75 Å². The van der Waals surface area contributed by atoms with Crippen LogP contribution in [0, 0.1) is 0 Å². The van der Waals surface area contributed by atoms with Crippen molar-refractivity contribution in [1.29, 1.82) is 0 Å². The number of rotatable bonds is 8. The van der Waals surface area contributed by atoms with Gasteiger partial charge in [-0.2, -0.15) is 0 Å². The van der Waals surface area contributed by atoms with Gasteiger partial charge in [-0.15, -0.1) is 0 Å². The second-order valence-corrected chi connectivity index (χ2v) is 7.52. The average Bonchev–Trinajstić information content (AvgIpc) is 2.68. The zero-order valence-corrected chi connectivity index (χ0v) is 16.2. The van der Waals surface area contributed by atoms with E-state index in [2.05, 4.69) is 72.6 Å². The minimum atomic E-state index is 0.568. The van der Waals surface area contributed by atoms with Crippen molar-refractivity contribution < 1.29 is 4.74 Å². The molecule has 0 spiro atoms. The quantitative estimate of drug-likeness (QED) is 0.720. The maximum absolute atomic E-state index is 5.87. The summed E-state index contributed by atoms with van der Waals surface area (Å²) in [5, 5.41) is 3.40. The Bertz CT molecular complexity index is 643. The van der Waals surface area contributed by atoms with Crippen LogP contribution in [0.25, 0.3) is 0 Å². The lowest BCUT2D eigenvalue weighted by molar-refractivity contribution is 0.233. The van der Waals surface area contributed by atoms with E-state index in [0.29, 0.717) is 5.92 Å². The Labute approximate surface area is 158 Å². The SMILES string of the molecule is CC(C)c1ccc(OCCCc2ccc(CN3CCNCC3)cc2)cc1. The van der Waals surface area contributed by atoms with Crippen LogP contribution in [-0.2, 0) is 13.0 Å². The molecule has 1 saturated heterocycles. The van der Waals surface area contributed by atoms with Gasteiger partial charge in [0.1, 0.15) is 5.75 Å². The molecule has 1 N–H and O–H groups in total. The van der Waals surface area contributed by atoms with Crippen molar-refractivity contribution in [2.75, 3.05) is 32.8 Å². The van der Waals surface area contributed by atoms with Crippen molar-refractivity contribution in [2.45, 2.75) is 39.2 Å². The van der Waals surface area contributed by atoms with Gasteiger partial charge in [0.05, 0.1) is 6.61 Å². The Morgan fingerprint density at radius 3 is 2.23 bits per heavy atom. The van der Waals surface area contributed by atoms with Crippen LogP contribution in [0.4, 0.5) is 0 Å². The van der Waals surface area contributed by atoms with Crippen molar-refractivity contribution in [3.05, 3.63) is 65.2 Å². The summed E-state index contributed by atoms with van der Waals surface area (Å²) in [6, 6.07) is 17.6. The maximum atomic E-state index is 5.87. The third kappa shape index (κ3) is 5.86. The molecule has 0 aliphatic carbocycles. The second kappa shape index (κ2) is 9.75. The van der Waals surface area contributed by atoms with Crippen molar-refractivity contribution in [1.82, 2.24) is 10.2 Å². The first-order valence-electron chi connectivity index (χ1n) is 9.94. The Morgan fingerprint density at radius 1 is 0.923 bits per heavy atom. The predicted molar refractivity (Wildman–Crippen MR) is 109 cm³/mol. The van der Waals surface area contributed by atoms with Gasteiger partial charge in [0.25, 0.3) is 0 Å². The number of hydrogen-bond donors (Lipinski definition) is 1. The largest absolute Gasteiger partial charge is 0.494 e. The molecule has 0 radical (unpaired) electrons. The Balaban J connectivity index is 1.37. The first-order valence-corrected chi connectivity index (χ1v) is 9.94. The number of benzene rings is 2. The summed E-state index contributed by atoms with van der Waals surface area (Å²) in [5.74, 6) is 1.54. The minimum Gasteiger partial charge on any atom is -0.494 e. The molecule has 2 aromatic carbocycles. The summed E-state index contributed by atoms with van der Waals surface area (Å²) in [5.41, 5.74) is 4.17. The van der Waals surface area contributed by atoms with Gasteiger partial charge in [-0.1, -0.05) is 50.2 Å². The molecule has 2 aromatic rings. The molecular formula is C23H32N2O.